The molecule has 5 aromatic rings. The average Bonchev–Trinajstić information content (AvgIpc) is 3.41. The lowest BCUT2D eigenvalue weighted by Crippen LogP contribution is -2.13. The van der Waals surface area contributed by atoms with Crippen LogP contribution in [0.15, 0.2) is 65.7 Å². The van der Waals surface area contributed by atoms with Gasteiger partial charge in [-0.1, -0.05) is 12.1 Å². The van der Waals surface area contributed by atoms with Crippen molar-refractivity contribution in [2.45, 2.75) is 6.92 Å². The molecule has 164 valence electrons. The van der Waals surface area contributed by atoms with Crippen molar-refractivity contribution in [3.63, 3.8) is 0 Å². The molecular formula is C22H16BrN7O3. The zero-order valence-corrected chi connectivity index (χ0v) is 18.9. The molecule has 11 heteroatoms. The molecule has 0 bridgehead atoms. The fourth-order valence-electron chi connectivity index (χ4n) is 3.41. The summed E-state index contributed by atoms with van der Waals surface area (Å²) in [5.74, 6) is -0.862. The second-order valence-electron chi connectivity index (χ2n) is 6.93. The first kappa shape index (κ1) is 20.8. The molecule has 0 atom stereocenters. The minimum Gasteiger partial charge on any atom is -0.462 e. The number of anilines is 1. The number of hydrogen-bond acceptors (Lipinski definition) is 7. The molecule has 0 saturated heterocycles. The van der Waals surface area contributed by atoms with E-state index in [0.29, 0.717) is 27.1 Å². The SMILES string of the molecule is CCOC(=O)c1cnn2c(-c3cccc(NC(=O)c4nn5cccnc5c4Br)c3)ccnc12. The van der Waals surface area contributed by atoms with Crippen molar-refractivity contribution in [3.8, 4) is 11.3 Å². The Balaban J connectivity index is 1.47. The van der Waals surface area contributed by atoms with Crippen LogP contribution >= 0.6 is 15.9 Å². The molecule has 10 nitrogen and oxygen atoms in total. The van der Waals surface area contributed by atoms with Gasteiger partial charge in [-0.3, -0.25) is 4.79 Å². The summed E-state index contributed by atoms with van der Waals surface area (Å²) in [6.07, 6.45) is 6.38. The Bertz CT molecular complexity index is 1530. The number of carbonyl (C=O) groups is 2. The van der Waals surface area contributed by atoms with Crippen LogP contribution in [0, 0.1) is 0 Å². The fraction of sp³-hybridized carbons (Fsp3) is 0.0909. The molecular weight excluding hydrogens is 490 g/mol. The molecule has 0 aliphatic heterocycles. The zero-order chi connectivity index (χ0) is 22.9. The molecule has 1 N–H and O–H groups in total. The first-order valence-corrected chi connectivity index (χ1v) is 10.8. The van der Waals surface area contributed by atoms with Crippen molar-refractivity contribution in [2.24, 2.45) is 0 Å². The lowest BCUT2D eigenvalue weighted by molar-refractivity contribution is 0.0528. The highest BCUT2D eigenvalue weighted by molar-refractivity contribution is 9.10. The Hall–Kier alpha value is -4.12. The fourth-order valence-corrected chi connectivity index (χ4v) is 3.96. The van der Waals surface area contributed by atoms with Crippen molar-refractivity contribution in [2.75, 3.05) is 11.9 Å². The summed E-state index contributed by atoms with van der Waals surface area (Å²) in [4.78, 5) is 33.6. The van der Waals surface area contributed by atoms with Crippen molar-refractivity contribution in [1.29, 1.82) is 0 Å². The Labute approximate surface area is 195 Å². The second-order valence-corrected chi connectivity index (χ2v) is 7.72. The van der Waals surface area contributed by atoms with E-state index in [1.165, 1.54) is 10.7 Å². The van der Waals surface area contributed by atoms with Crippen LogP contribution in [0.5, 0.6) is 0 Å². The van der Waals surface area contributed by atoms with Gasteiger partial charge in [-0.2, -0.15) is 10.2 Å². The standard InChI is InChI=1S/C22H16BrN7O3/c1-2-33-22(32)15-12-26-30-16(7-9-25-19(15)30)13-5-3-6-14(11-13)27-21(31)18-17(23)20-24-8-4-10-29(20)28-18/h3-12H,2H2,1H3,(H,27,31). The molecule has 0 aliphatic rings. The number of halogens is 1. The van der Waals surface area contributed by atoms with Gasteiger partial charge in [-0.25, -0.2) is 23.8 Å². The minimum atomic E-state index is -0.481. The summed E-state index contributed by atoms with van der Waals surface area (Å²) in [7, 11) is 0. The summed E-state index contributed by atoms with van der Waals surface area (Å²) < 4.78 is 8.69. The summed E-state index contributed by atoms with van der Waals surface area (Å²) in [5.41, 5.74) is 3.48. The minimum absolute atomic E-state index is 0.219. The maximum absolute atomic E-state index is 12.9. The maximum atomic E-state index is 12.9. The third kappa shape index (κ3) is 3.72. The van der Waals surface area contributed by atoms with Crippen LogP contribution in [0.4, 0.5) is 5.69 Å². The molecule has 5 rings (SSSR count). The summed E-state index contributed by atoms with van der Waals surface area (Å²) >= 11 is 3.41. The second kappa shape index (κ2) is 8.43. The first-order valence-electron chi connectivity index (χ1n) is 9.97. The molecule has 0 fully saturated rings. The van der Waals surface area contributed by atoms with Gasteiger partial charge in [0.2, 0.25) is 0 Å². The highest BCUT2D eigenvalue weighted by atomic mass is 79.9. The molecule has 0 saturated carbocycles. The third-order valence-corrected chi connectivity index (χ3v) is 5.60. The lowest BCUT2D eigenvalue weighted by Gasteiger charge is -2.08. The normalized spacial score (nSPS) is 11.1. The number of amides is 1. The number of nitrogens with one attached hydrogen (secondary N) is 1. The van der Waals surface area contributed by atoms with E-state index in [0.717, 1.165) is 5.56 Å². The Morgan fingerprint density at radius 3 is 2.79 bits per heavy atom. The highest BCUT2D eigenvalue weighted by Crippen LogP contribution is 2.26. The van der Waals surface area contributed by atoms with Gasteiger partial charge in [0.25, 0.3) is 5.91 Å². The van der Waals surface area contributed by atoms with Crippen LogP contribution in [-0.4, -0.2) is 47.7 Å². The Morgan fingerprint density at radius 2 is 1.97 bits per heavy atom. The van der Waals surface area contributed by atoms with Gasteiger partial charge in [0.1, 0.15) is 5.56 Å². The summed E-state index contributed by atoms with van der Waals surface area (Å²) in [5, 5.41) is 11.5. The van der Waals surface area contributed by atoms with E-state index in [1.54, 1.807) is 54.3 Å². The number of rotatable bonds is 5. The molecule has 4 heterocycles. The van der Waals surface area contributed by atoms with Gasteiger partial charge < -0.3 is 10.1 Å². The van der Waals surface area contributed by atoms with E-state index in [9.17, 15) is 9.59 Å². The van der Waals surface area contributed by atoms with Crippen LogP contribution in [0.1, 0.15) is 27.8 Å². The number of benzene rings is 1. The van der Waals surface area contributed by atoms with Crippen LogP contribution in [0.3, 0.4) is 0 Å². The van der Waals surface area contributed by atoms with Gasteiger partial charge >= 0.3 is 5.97 Å². The maximum Gasteiger partial charge on any atom is 0.343 e. The summed E-state index contributed by atoms with van der Waals surface area (Å²) in [6, 6.07) is 10.8. The number of ether oxygens (including phenoxy) is 1. The third-order valence-electron chi connectivity index (χ3n) is 4.87. The van der Waals surface area contributed by atoms with E-state index < -0.39 is 5.97 Å². The van der Waals surface area contributed by atoms with E-state index in [1.807, 2.05) is 12.1 Å². The molecule has 4 aromatic heterocycles. The first-order chi connectivity index (χ1) is 16.1. The summed E-state index contributed by atoms with van der Waals surface area (Å²) in [6.45, 7) is 2.00. The smallest absolute Gasteiger partial charge is 0.343 e. The van der Waals surface area contributed by atoms with Gasteiger partial charge in [-0.15, -0.1) is 0 Å². The Kier molecular flexibility index (Phi) is 5.31. The quantitative estimate of drug-likeness (QED) is 0.362. The molecule has 0 spiro atoms. The predicted octanol–water partition coefficient (Wildman–Crippen LogP) is 3.63. The highest BCUT2D eigenvalue weighted by Gasteiger charge is 2.20. The average molecular weight is 506 g/mol. The van der Waals surface area contributed by atoms with Crippen molar-refractivity contribution in [3.05, 3.63) is 76.9 Å². The number of esters is 1. The molecule has 0 aliphatic carbocycles. The number of hydrogen-bond donors (Lipinski definition) is 1. The number of fused-ring (bicyclic) bond motifs is 2. The van der Waals surface area contributed by atoms with Gasteiger partial charge in [0.05, 0.1) is 23.0 Å². The molecule has 33 heavy (non-hydrogen) atoms. The van der Waals surface area contributed by atoms with Crippen LogP contribution in [0.2, 0.25) is 0 Å². The van der Waals surface area contributed by atoms with Gasteiger partial charge in [0, 0.05) is 29.8 Å². The topological polar surface area (TPSA) is 116 Å². The zero-order valence-electron chi connectivity index (χ0n) is 17.3. The number of nitrogens with zero attached hydrogens (tertiary/aromatic N) is 6. The van der Waals surface area contributed by atoms with Crippen LogP contribution in [-0.2, 0) is 4.74 Å². The predicted molar refractivity (Wildman–Crippen MR) is 123 cm³/mol. The van der Waals surface area contributed by atoms with Crippen LogP contribution in [0.25, 0.3) is 22.6 Å². The largest absolute Gasteiger partial charge is 0.462 e. The number of carbonyl (C=O) groups excluding carboxylic acids is 2. The van der Waals surface area contributed by atoms with Crippen molar-refractivity contribution >= 4 is 44.8 Å². The van der Waals surface area contributed by atoms with E-state index in [4.69, 9.17) is 4.74 Å². The van der Waals surface area contributed by atoms with Gasteiger partial charge in [-0.05, 0) is 47.1 Å². The Morgan fingerprint density at radius 1 is 1.12 bits per heavy atom. The van der Waals surface area contributed by atoms with E-state index in [-0.39, 0.29) is 23.8 Å². The molecule has 0 unspecified atom stereocenters. The van der Waals surface area contributed by atoms with E-state index in [2.05, 4.69) is 41.4 Å². The number of aromatic nitrogens is 6. The van der Waals surface area contributed by atoms with Crippen LogP contribution < -0.4 is 5.32 Å². The van der Waals surface area contributed by atoms with Crippen molar-refractivity contribution < 1.29 is 14.3 Å². The molecule has 1 aromatic carbocycles. The van der Waals surface area contributed by atoms with Gasteiger partial charge in [0.15, 0.2) is 17.0 Å². The molecule has 1 amide bonds. The lowest BCUT2D eigenvalue weighted by atomic mass is 10.1. The molecule has 0 radical (unpaired) electrons. The van der Waals surface area contributed by atoms with Crippen molar-refractivity contribution in [1.82, 2.24) is 29.2 Å². The monoisotopic (exact) mass is 505 g/mol. The van der Waals surface area contributed by atoms with E-state index >= 15 is 0 Å².